The van der Waals surface area contributed by atoms with Gasteiger partial charge in [-0.15, -0.1) is 11.3 Å². The Kier molecular flexibility index (Phi) is 3.93. The van der Waals surface area contributed by atoms with Gasteiger partial charge in [-0.25, -0.2) is 4.98 Å². The van der Waals surface area contributed by atoms with Gasteiger partial charge < -0.3 is 5.32 Å². The highest BCUT2D eigenvalue weighted by Gasteiger charge is 2.44. The minimum Gasteiger partial charge on any atom is -0.302 e. The van der Waals surface area contributed by atoms with Crippen molar-refractivity contribution >= 4 is 23.1 Å². The maximum atomic E-state index is 5.05. The highest BCUT2D eigenvalue weighted by molar-refractivity contribution is 7.99. The molecule has 0 bridgehead atoms. The lowest BCUT2D eigenvalue weighted by Gasteiger charge is -2.45. The van der Waals surface area contributed by atoms with Crippen LogP contribution in [0.25, 0.3) is 0 Å². The zero-order chi connectivity index (χ0) is 14.4. The Labute approximate surface area is 131 Å². The summed E-state index contributed by atoms with van der Waals surface area (Å²) in [5, 5.41) is 5.24. The van der Waals surface area contributed by atoms with Crippen molar-refractivity contribution in [3.05, 3.63) is 15.6 Å². The van der Waals surface area contributed by atoms with Crippen molar-refractivity contribution in [2.24, 2.45) is 5.41 Å². The third-order valence-corrected chi connectivity index (χ3v) is 7.24. The smallest absolute Gasteiger partial charge is 0.114 e. The van der Waals surface area contributed by atoms with Gasteiger partial charge in [0.05, 0.1) is 11.2 Å². The number of nitrogens with zero attached hydrogens (tertiary/aromatic N) is 1. The zero-order valence-electron chi connectivity index (χ0n) is 13.1. The van der Waals surface area contributed by atoms with E-state index in [1.54, 1.807) is 4.88 Å². The van der Waals surface area contributed by atoms with E-state index >= 15 is 0 Å². The number of thioether (sulfide) groups is 1. The standard InChI is InChI=1S/C16H26N2S2/c1-11(2)18-16(8-15(3,4)9-19-10-16)14-17-12-6-5-7-13(12)20-14/h11,18H,5-10H2,1-4H3. The highest BCUT2D eigenvalue weighted by atomic mass is 32.2. The lowest BCUT2D eigenvalue weighted by Crippen LogP contribution is -2.53. The molecule has 1 aromatic heterocycles. The molecule has 2 heterocycles. The van der Waals surface area contributed by atoms with Crippen molar-refractivity contribution in [2.75, 3.05) is 11.5 Å². The number of thiazole rings is 1. The molecule has 0 radical (unpaired) electrons. The minimum absolute atomic E-state index is 0.0928. The van der Waals surface area contributed by atoms with Crippen LogP contribution in [0.1, 0.15) is 56.1 Å². The highest BCUT2D eigenvalue weighted by Crippen LogP contribution is 2.46. The molecule has 0 saturated carbocycles. The third-order valence-electron chi connectivity index (χ3n) is 4.19. The van der Waals surface area contributed by atoms with E-state index < -0.39 is 0 Å². The van der Waals surface area contributed by atoms with E-state index in [2.05, 4.69) is 44.8 Å². The number of nitrogens with one attached hydrogen (secondary N) is 1. The summed E-state index contributed by atoms with van der Waals surface area (Å²) < 4.78 is 0. The molecular weight excluding hydrogens is 284 g/mol. The summed E-state index contributed by atoms with van der Waals surface area (Å²) in [5.41, 5.74) is 1.87. The molecule has 0 aromatic carbocycles. The molecule has 4 heteroatoms. The van der Waals surface area contributed by atoms with Gasteiger partial charge in [-0.05, 0) is 50.7 Å². The van der Waals surface area contributed by atoms with Gasteiger partial charge in [0.25, 0.3) is 0 Å². The lowest BCUT2D eigenvalue weighted by atomic mass is 9.79. The van der Waals surface area contributed by atoms with Crippen molar-refractivity contribution in [3.8, 4) is 0 Å². The van der Waals surface area contributed by atoms with Gasteiger partial charge in [-0.1, -0.05) is 13.8 Å². The largest absolute Gasteiger partial charge is 0.302 e. The number of hydrogen-bond donors (Lipinski definition) is 1. The van der Waals surface area contributed by atoms with E-state index in [4.69, 9.17) is 4.98 Å². The SMILES string of the molecule is CC(C)NC1(c2nc3c(s2)CCC3)CSCC(C)(C)C1. The van der Waals surface area contributed by atoms with Gasteiger partial charge in [0, 0.05) is 16.7 Å². The maximum Gasteiger partial charge on any atom is 0.114 e. The van der Waals surface area contributed by atoms with Gasteiger partial charge in [0.2, 0.25) is 0 Å². The Balaban J connectivity index is 1.96. The van der Waals surface area contributed by atoms with Crippen LogP contribution in [-0.2, 0) is 18.4 Å². The fourth-order valence-corrected chi connectivity index (χ4v) is 6.48. The molecule has 2 nitrogen and oxygen atoms in total. The van der Waals surface area contributed by atoms with E-state index in [0.29, 0.717) is 11.5 Å². The molecule has 0 spiro atoms. The van der Waals surface area contributed by atoms with Crippen molar-refractivity contribution in [1.82, 2.24) is 10.3 Å². The van der Waals surface area contributed by atoms with Crippen LogP contribution in [0.15, 0.2) is 0 Å². The van der Waals surface area contributed by atoms with Crippen LogP contribution in [-0.4, -0.2) is 22.5 Å². The molecule has 1 saturated heterocycles. The third kappa shape index (κ3) is 2.79. The summed E-state index contributed by atoms with van der Waals surface area (Å²) in [5.74, 6) is 2.43. The van der Waals surface area contributed by atoms with Gasteiger partial charge in [0.1, 0.15) is 5.01 Å². The van der Waals surface area contributed by atoms with E-state index in [1.807, 2.05) is 11.3 Å². The van der Waals surface area contributed by atoms with Crippen molar-refractivity contribution in [3.63, 3.8) is 0 Å². The Hall–Kier alpha value is -0.0600. The predicted molar refractivity (Wildman–Crippen MR) is 89.8 cm³/mol. The summed E-state index contributed by atoms with van der Waals surface area (Å²) >= 11 is 4.07. The van der Waals surface area contributed by atoms with Crippen LogP contribution in [0.4, 0.5) is 0 Å². The Morgan fingerprint density at radius 3 is 2.65 bits per heavy atom. The van der Waals surface area contributed by atoms with E-state index in [0.717, 1.165) is 0 Å². The predicted octanol–water partition coefficient (Wildman–Crippen LogP) is 3.99. The van der Waals surface area contributed by atoms with Crippen LogP contribution < -0.4 is 5.32 Å². The minimum atomic E-state index is 0.0928. The number of aryl methyl sites for hydroxylation is 2. The first-order chi connectivity index (χ1) is 9.40. The first-order valence-corrected chi connectivity index (χ1v) is 9.72. The zero-order valence-corrected chi connectivity index (χ0v) is 14.7. The molecule has 20 heavy (non-hydrogen) atoms. The quantitative estimate of drug-likeness (QED) is 0.914. The summed E-state index contributed by atoms with van der Waals surface area (Å²) in [6.45, 7) is 9.32. The topological polar surface area (TPSA) is 24.9 Å². The maximum absolute atomic E-state index is 5.05. The molecule has 1 aliphatic carbocycles. The fourth-order valence-electron chi connectivity index (χ4n) is 3.66. The molecule has 3 rings (SSSR count). The first kappa shape index (κ1) is 14.9. The van der Waals surface area contributed by atoms with Gasteiger partial charge >= 0.3 is 0 Å². The second kappa shape index (κ2) is 5.29. The summed E-state index contributed by atoms with van der Waals surface area (Å²) in [7, 11) is 0. The van der Waals surface area contributed by atoms with E-state index in [1.165, 1.54) is 47.9 Å². The summed E-state index contributed by atoms with van der Waals surface area (Å²) in [4.78, 5) is 6.60. The van der Waals surface area contributed by atoms with Crippen molar-refractivity contribution < 1.29 is 0 Å². The number of hydrogen-bond acceptors (Lipinski definition) is 4. The molecule has 1 aliphatic heterocycles. The average molecular weight is 311 g/mol. The molecule has 112 valence electrons. The number of aromatic nitrogens is 1. The van der Waals surface area contributed by atoms with Gasteiger partial charge in [0.15, 0.2) is 0 Å². The van der Waals surface area contributed by atoms with Crippen LogP contribution >= 0.6 is 23.1 Å². The number of rotatable bonds is 3. The van der Waals surface area contributed by atoms with Crippen LogP contribution in [0.2, 0.25) is 0 Å². The Bertz CT molecular complexity index is 471. The second-order valence-corrected chi connectivity index (χ2v) is 9.53. The molecule has 1 aromatic rings. The summed E-state index contributed by atoms with van der Waals surface area (Å²) in [6, 6.07) is 0.503. The van der Waals surface area contributed by atoms with Crippen LogP contribution in [0.5, 0.6) is 0 Å². The Morgan fingerprint density at radius 1 is 1.20 bits per heavy atom. The Morgan fingerprint density at radius 2 is 2.00 bits per heavy atom. The molecule has 1 unspecified atom stereocenters. The second-order valence-electron chi connectivity index (χ2n) is 7.46. The van der Waals surface area contributed by atoms with Crippen molar-refractivity contribution in [1.29, 1.82) is 0 Å². The lowest BCUT2D eigenvalue weighted by molar-refractivity contribution is 0.211. The van der Waals surface area contributed by atoms with E-state index in [-0.39, 0.29) is 5.54 Å². The normalized spacial score (nSPS) is 28.9. The number of fused-ring (bicyclic) bond motifs is 1. The molecule has 2 aliphatic rings. The van der Waals surface area contributed by atoms with E-state index in [9.17, 15) is 0 Å². The molecule has 1 atom stereocenters. The molecule has 1 fully saturated rings. The monoisotopic (exact) mass is 310 g/mol. The molecule has 1 N–H and O–H groups in total. The van der Waals surface area contributed by atoms with Gasteiger partial charge in [-0.3, -0.25) is 0 Å². The van der Waals surface area contributed by atoms with Crippen LogP contribution in [0, 0.1) is 5.41 Å². The first-order valence-electron chi connectivity index (χ1n) is 7.75. The fraction of sp³-hybridized carbons (Fsp3) is 0.812. The average Bonchev–Trinajstić information content (AvgIpc) is 2.85. The van der Waals surface area contributed by atoms with Crippen molar-refractivity contribution in [2.45, 2.75) is 65.0 Å². The van der Waals surface area contributed by atoms with Crippen LogP contribution in [0.3, 0.4) is 0 Å². The summed E-state index contributed by atoms with van der Waals surface area (Å²) in [6.07, 6.45) is 4.96. The molecular formula is C16H26N2S2. The van der Waals surface area contributed by atoms with Gasteiger partial charge in [-0.2, -0.15) is 11.8 Å². The molecule has 0 amide bonds.